The van der Waals surface area contributed by atoms with E-state index in [0.29, 0.717) is 5.56 Å². The molecule has 31 heavy (non-hydrogen) atoms. The number of primary amides is 1. The molecular weight excluding hydrogens is 396 g/mol. The predicted octanol–water partition coefficient (Wildman–Crippen LogP) is 1.91. The molecular formula is C23H30N4O4. The van der Waals surface area contributed by atoms with Crippen molar-refractivity contribution in [3.05, 3.63) is 59.7 Å². The summed E-state index contributed by atoms with van der Waals surface area (Å²) in [6.07, 6.45) is 4.43. The van der Waals surface area contributed by atoms with Gasteiger partial charge >= 0.3 is 0 Å². The highest BCUT2D eigenvalue weighted by molar-refractivity contribution is 5.86. The first-order valence-corrected chi connectivity index (χ1v) is 10.3. The standard InChI is InChI=1S/C14H18N2O2.C9H12N2O2/c1-18-11-6-4-10(5-7-11)12-13(17)16-14(15-12)8-2-3-9-14;1-13-7-4-2-6(3-5-7)8(10)9(11)12/h4-7,12,15H,2-3,8-9H2,1H3,(H,16,17);2-5,8H,10H2,1H3,(H2,11,12). The van der Waals surface area contributed by atoms with Crippen LogP contribution >= 0.6 is 0 Å². The van der Waals surface area contributed by atoms with E-state index in [9.17, 15) is 9.59 Å². The SMILES string of the molecule is COc1ccc(C(N)C(N)=O)cc1.COc1ccc(C2NC3(CCCC3)NC2=O)cc1. The monoisotopic (exact) mass is 426 g/mol. The van der Waals surface area contributed by atoms with Crippen LogP contribution in [0.4, 0.5) is 0 Å². The lowest BCUT2D eigenvalue weighted by Gasteiger charge is -2.23. The first-order valence-electron chi connectivity index (χ1n) is 10.3. The first-order chi connectivity index (χ1) is 14.9. The molecule has 0 aromatic heterocycles. The van der Waals surface area contributed by atoms with Crippen molar-refractivity contribution < 1.29 is 19.1 Å². The number of carbonyl (C=O) groups is 2. The van der Waals surface area contributed by atoms with Gasteiger partial charge in [0.05, 0.1) is 19.9 Å². The van der Waals surface area contributed by atoms with Crippen molar-refractivity contribution in [1.29, 1.82) is 0 Å². The van der Waals surface area contributed by atoms with Crippen LogP contribution in [-0.4, -0.2) is 31.7 Å². The van der Waals surface area contributed by atoms with E-state index >= 15 is 0 Å². The molecule has 0 radical (unpaired) electrons. The highest BCUT2D eigenvalue weighted by atomic mass is 16.5. The zero-order valence-corrected chi connectivity index (χ0v) is 17.9. The molecule has 2 aromatic carbocycles. The zero-order chi connectivity index (χ0) is 22.4. The highest BCUT2D eigenvalue weighted by Crippen LogP contribution is 2.34. The van der Waals surface area contributed by atoms with Crippen LogP contribution in [-0.2, 0) is 9.59 Å². The summed E-state index contributed by atoms with van der Waals surface area (Å²) < 4.78 is 10.1. The van der Waals surface area contributed by atoms with Crippen molar-refractivity contribution in [3.63, 3.8) is 0 Å². The second kappa shape index (κ2) is 9.80. The van der Waals surface area contributed by atoms with E-state index in [1.54, 1.807) is 38.5 Å². The molecule has 1 saturated heterocycles. The van der Waals surface area contributed by atoms with E-state index < -0.39 is 11.9 Å². The van der Waals surface area contributed by atoms with Crippen LogP contribution in [0.2, 0.25) is 0 Å². The minimum atomic E-state index is -0.745. The molecule has 2 fully saturated rings. The lowest BCUT2D eigenvalue weighted by atomic mass is 10.1. The minimum absolute atomic E-state index is 0.0852. The van der Waals surface area contributed by atoms with Gasteiger partial charge in [-0.1, -0.05) is 24.3 Å². The molecule has 2 unspecified atom stereocenters. The van der Waals surface area contributed by atoms with Gasteiger partial charge in [0.2, 0.25) is 11.8 Å². The van der Waals surface area contributed by atoms with E-state index in [1.165, 1.54) is 12.8 Å². The molecule has 1 aliphatic heterocycles. The maximum Gasteiger partial charge on any atom is 0.243 e. The molecule has 2 atom stereocenters. The van der Waals surface area contributed by atoms with Crippen molar-refractivity contribution in [2.45, 2.75) is 43.4 Å². The Morgan fingerprint density at radius 2 is 1.52 bits per heavy atom. The van der Waals surface area contributed by atoms with Gasteiger partial charge in [0.25, 0.3) is 0 Å². The molecule has 4 rings (SSSR count). The average molecular weight is 427 g/mol. The van der Waals surface area contributed by atoms with Crippen LogP contribution in [0, 0.1) is 0 Å². The predicted molar refractivity (Wildman–Crippen MR) is 117 cm³/mol. The van der Waals surface area contributed by atoms with E-state index in [0.717, 1.165) is 29.9 Å². The largest absolute Gasteiger partial charge is 0.497 e. The second-order valence-corrected chi connectivity index (χ2v) is 7.78. The van der Waals surface area contributed by atoms with Gasteiger partial charge in [0.1, 0.15) is 23.6 Å². The number of hydrogen-bond donors (Lipinski definition) is 4. The Hall–Kier alpha value is -3.10. The number of nitrogens with two attached hydrogens (primary N) is 2. The molecule has 2 aliphatic rings. The molecule has 166 valence electrons. The van der Waals surface area contributed by atoms with Gasteiger partial charge in [-0.15, -0.1) is 0 Å². The fourth-order valence-corrected chi connectivity index (χ4v) is 3.94. The van der Waals surface area contributed by atoms with Crippen LogP contribution in [0.5, 0.6) is 11.5 Å². The fourth-order valence-electron chi connectivity index (χ4n) is 3.94. The number of carbonyl (C=O) groups excluding carboxylic acids is 2. The van der Waals surface area contributed by atoms with Crippen molar-refractivity contribution in [3.8, 4) is 11.5 Å². The third kappa shape index (κ3) is 5.34. The zero-order valence-electron chi connectivity index (χ0n) is 17.9. The third-order valence-corrected chi connectivity index (χ3v) is 5.73. The molecule has 6 N–H and O–H groups in total. The lowest BCUT2D eigenvalue weighted by Crippen LogP contribution is -2.46. The normalized spacial score (nSPS) is 19.8. The number of benzene rings is 2. The number of hydrogen-bond acceptors (Lipinski definition) is 6. The van der Waals surface area contributed by atoms with E-state index in [1.807, 2.05) is 24.3 Å². The topological polar surface area (TPSA) is 129 Å². The van der Waals surface area contributed by atoms with Gasteiger partial charge in [-0.05, 0) is 61.1 Å². The molecule has 8 heteroatoms. The molecule has 8 nitrogen and oxygen atoms in total. The molecule has 1 spiro atoms. The molecule has 1 saturated carbocycles. The fraction of sp³-hybridized carbons (Fsp3) is 0.391. The summed E-state index contributed by atoms with van der Waals surface area (Å²) >= 11 is 0. The van der Waals surface area contributed by atoms with Crippen LogP contribution in [0.25, 0.3) is 0 Å². The van der Waals surface area contributed by atoms with Crippen LogP contribution < -0.4 is 31.6 Å². The Bertz CT molecular complexity index is 893. The maximum atomic E-state index is 12.1. The van der Waals surface area contributed by atoms with Gasteiger partial charge < -0.3 is 26.3 Å². The van der Waals surface area contributed by atoms with Gasteiger partial charge in [0, 0.05) is 0 Å². The number of amides is 2. The number of rotatable bonds is 5. The van der Waals surface area contributed by atoms with Crippen LogP contribution in [0.1, 0.15) is 48.9 Å². The summed E-state index contributed by atoms with van der Waals surface area (Å²) in [6.45, 7) is 0. The summed E-state index contributed by atoms with van der Waals surface area (Å²) in [4.78, 5) is 22.8. The minimum Gasteiger partial charge on any atom is -0.497 e. The summed E-state index contributed by atoms with van der Waals surface area (Å²) in [5.74, 6) is 1.08. The summed E-state index contributed by atoms with van der Waals surface area (Å²) in [5.41, 5.74) is 12.1. The van der Waals surface area contributed by atoms with Crippen molar-refractivity contribution in [1.82, 2.24) is 10.6 Å². The Balaban J connectivity index is 0.000000187. The summed E-state index contributed by atoms with van der Waals surface area (Å²) in [6, 6.07) is 13.6. The first kappa shape index (κ1) is 22.6. The Morgan fingerprint density at radius 1 is 1.00 bits per heavy atom. The molecule has 0 bridgehead atoms. The van der Waals surface area contributed by atoms with Gasteiger partial charge in [-0.3, -0.25) is 14.9 Å². The van der Waals surface area contributed by atoms with Crippen LogP contribution in [0.3, 0.4) is 0 Å². The average Bonchev–Trinajstić information content (AvgIpc) is 3.39. The number of nitrogens with one attached hydrogen (secondary N) is 2. The lowest BCUT2D eigenvalue weighted by molar-refractivity contribution is -0.121. The van der Waals surface area contributed by atoms with Crippen molar-refractivity contribution >= 4 is 11.8 Å². The van der Waals surface area contributed by atoms with Crippen molar-refractivity contribution in [2.24, 2.45) is 11.5 Å². The molecule has 2 amide bonds. The number of methoxy groups -OCH3 is 2. The van der Waals surface area contributed by atoms with E-state index in [-0.39, 0.29) is 17.6 Å². The van der Waals surface area contributed by atoms with Crippen LogP contribution in [0.15, 0.2) is 48.5 Å². The second-order valence-electron chi connectivity index (χ2n) is 7.78. The summed E-state index contributed by atoms with van der Waals surface area (Å²) in [5, 5.41) is 6.59. The number of ether oxygens (including phenoxy) is 2. The molecule has 1 aliphatic carbocycles. The van der Waals surface area contributed by atoms with Crippen molar-refractivity contribution in [2.75, 3.05) is 14.2 Å². The molecule has 1 heterocycles. The smallest absolute Gasteiger partial charge is 0.243 e. The quantitative estimate of drug-likeness (QED) is 0.578. The highest BCUT2D eigenvalue weighted by Gasteiger charge is 2.45. The maximum absolute atomic E-state index is 12.1. The van der Waals surface area contributed by atoms with Gasteiger partial charge in [-0.25, -0.2) is 0 Å². The van der Waals surface area contributed by atoms with E-state index in [2.05, 4.69) is 10.6 Å². The Kier molecular flexibility index (Phi) is 7.14. The van der Waals surface area contributed by atoms with Gasteiger partial charge in [0.15, 0.2) is 0 Å². The van der Waals surface area contributed by atoms with Gasteiger partial charge in [-0.2, -0.15) is 0 Å². The Morgan fingerprint density at radius 3 is 2.00 bits per heavy atom. The Labute approximate surface area is 182 Å². The summed E-state index contributed by atoms with van der Waals surface area (Å²) in [7, 11) is 3.21. The van der Waals surface area contributed by atoms with E-state index in [4.69, 9.17) is 20.9 Å². The molecule has 2 aromatic rings. The third-order valence-electron chi connectivity index (χ3n) is 5.73.